The summed E-state index contributed by atoms with van der Waals surface area (Å²) in [6.07, 6.45) is 0.289. The van der Waals surface area contributed by atoms with Crippen LogP contribution in [0.25, 0.3) is 0 Å². The van der Waals surface area contributed by atoms with E-state index in [0.29, 0.717) is 0 Å². The van der Waals surface area contributed by atoms with Crippen LogP contribution in [0.3, 0.4) is 0 Å². The highest BCUT2D eigenvalue weighted by atomic mass is 16.5. The van der Waals surface area contributed by atoms with Crippen molar-refractivity contribution in [3.63, 3.8) is 0 Å². The maximum Gasteiger partial charge on any atom is 0.335 e. The lowest BCUT2D eigenvalue weighted by atomic mass is 10.2. The molecule has 1 N–H and O–H groups in total. The van der Waals surface area contributed by atoms with E-state index in [4.69, 9.17) is 5.11 Å². The second kappa shape index (κ2) is 8.96. The van der Waals surface area contributed by atoms with Crippen LogP contribution in [-0.2, 0) is 19.1 Å². The van der Waals surface area contributed by atoms with E-state index >= 15 is 0 Å². The van der Waals surface area contributed by atoms with E-state index in [1.54, 1.807) is 0 Å². The summed E-state index contributed by atoms with van der Waals surface area (Å²) in [7, 11) is 2.56. The maximum atomic E-state index is 10.5. The fraction of sp³-hybridized carbons (Fsp3) is 0.400. The highest BCUT2D eigenvalue weighted by Crippen LogP contribution is 1.98. The number of aliphatic hydroxyl groups is 1. The van der Waals surface area contributed by atoms with Crippen LogP contribution < -0.4 is 0 Å². The molecule has 0 bridgehead atoms. The number of hydrogen-bond acceptors (Lipinski definition) is 5. The van der Waals surface area contributed by atoms with Crippen molar-refractivity contribution in [1.82, 2.24) is 0 Å². The number of aliphatic hydroxyl groups excluding tert-OH is 1. The number of rotatable bonds is 3. The monoisotopic (exact) mass is 216 g/mol. The molecule has 1 atom stereocenters. The van der Waals surface area contributed by atoms with Crippen molar-refractivity contribution >= 4 is 11.9 Å². The number of hydrogen-bond donors (Lipinski definition) is 1. The number of carbonyl (C=O) groups is 2. The van der Waals surface area contributed by atoms with Crippen molar-refractivity contribution in [2.75, 3.05) is 14.2 Å². The molecule has 0 saturated heterocycles. The molecule has 0 radical (unpaired) electrons. The van der Waals surface area contributed by atoms with Crippen LogP contribution in [0.1, 0.15) is 6.92 Å². The molecule has 0 saturated carbocycles. The second-order valence-electron chi connectivity index (χ2n) is 2.42. The van der Waals surface area contributed by atoms with Gasteiger partial charge in [-0.05, 0) is 6.92 Å². The second-order valence-corrected chi connectivity index (χ2v) is 2.42. The zero-order valence-corrected chi connectivity index (χ0v) is 9.15. The standard InChI is InChI=1S/C6H10O3.C4H6O2/c1-4(5(2)7)6(8)9-3;1-3-4(5)6-2/h5,7H,1H2,2-3H3;3H,1H2,2H3. The van der Waals surface area contributed by atoms with E-state index in [1.165, 1.54) is 21.1 Å². The molecule has 0 fully saturated rings. The molecule has 0 rings (SSSR count). The Hall–Kier alpha value is -1.62. The Labute approximate surface area is 89.0 Å². The van der Waals surface area contributed by atoms with E-state index in [0.717, 1.165) is 6.08 Å². The van der Waals surface area contributed by atoms with Crippen molar-refractivity contribution in [3.8, 4) is 0 Å². The first-order chi connectivity index (χ1) is 6.90. The molecule has 5 nitrogen and oxygen atoms in total. The molecule has 0 aromatic rings. The summed E-state index contributed by atoms with van der Waals surface area (Å²) in [5.41, 5.74) is 0.0810. The fourth-order valence-electron chi connectivity index (χ4n) is 0.385. The lowest BCUT2D eigenvalue weighted by Gasteiger charge is -2.03. The van der Waals surface area contributed by atoms with Crippen molar-refractivity contribution in [2.45, 2.75) is 13.0 Å². The molecular formula is C10H16O5. The summed E-state index contributed by atoms with van der Waals surface area (Å²) in [4.78, 5) is 20.3. The topological polar surface area (TPSA) is 72.8 Å². The Morgan fingerprint density at radius 3 is 1.87 bits per heavy atom. The minimum atomic E-state index is -0.822. The van der Waals surface area contributed by atoms with Crippen LogP contribution in [0.5, 0.6) is 0 Å². The Bertz CT molecular complexity index is 242. The van der Waals surface area contributed by atoms with Gasteiger partial charge >= 0.3 is 11.9 Å². The van der Waals surface area contributed by atoms with Crippen LogP contribution in [0.4, 0.5) is 0 Å². The molecule has 86 valence electrons. The Morgan fingerprint density at radius 1 is 1.33 bits per heavy atom. The maximum absolute atomic E-state index is 10.5. The third-order valence-corrected chi connectivity index (χ3v) is 1.32. The van der Waals surface area contributed by atoms with Crippen molar-refractivity contribution in [3.05, 3.63) is 24.8 Å². The highest BCUT2D eigenvalue weighted by molar-refractivity contribution is 5.88. The van der Waals surface area contributed by atoms with Crippen molar-refractivity contribution < 1.29 is 24.2 Å². The molecule has 0 aromatic carbocycles. The molecule has 0 aliphatic heterocycles. The van der Waals surface area contributed by atoms with E-state index < -0.39 is 18.0 Å². The zero-order valence-electron chi connectivity index (χ0n) is 9.15. The van der Waals surface area contributed by atoms with Crippen LogP contribution in [0, 0.1) is 0 Å². The van der Waals surface area contributed by atoms with Gasteiger partial charge in [-0.15, -0.1) is 0 Å². The predicted octanol–water partition coefficient (Wildman–Crippen LogP) is 0.442. The molecule has 15 heavy (non-hydrogen) atoms. The molecule has 1 unspecified atom stereocenters. The summed E-state index contributed by atoms with van der Waals surface area (Å²) in [6, 6.07) is 0. The van der Waals surface area contributed by atoms with Crippen LogP contribution in [0.15, 0.2) is 24.8 Å². The minimum absolute atomic E-state index is 0.0810. The number of esters is 2. The largest absolute Gasteiger partial charge is 0.466 e. The molecule has 0 aromatic heterocycles. The Kier molecular flexibility index (Phi) is 9.45. The highest BCUT2D eigenvalue weighted by Gasteiger charge is 2.10. The van der Waals surface area contributed by atoms with Crippen molar-refractivity contribution in [1.29, 1.82) is 0 Å². The summed E-state index contributed by atoms with van der Waals surface area (Å²) in [5, 5.41) is 8.72. The lowest BCUT2D eigenvalue weighted by molar-refractivity contribution is -0.137. The van der Waals surface area contributed by atoms with Gasteiger partial charge in [-0.1, -0.05) is 13.2 Å². The van der Waals surface area contributed by atoms with Gasteiger partial charge in [-0.3, -0.25) is 0 Å². The molecular weight excluding hydrogens is 200 g/mol. The first-order valence-electron chi connectivity index (χ1n) is 4.06. The molecule has 0 spiro atoms. The summed E-state index contributed by atoms with van der Waals surface area (Å²) in [5.74, 6) is -0.958. The molecule has 0 amide bonds. The average Bonchev–Trinajstić information content (AvgIpc) is 2.26. The molecule has 0 aliphatic carbocycles. The van der Waals surface area contributed by atoms with Gasteiger partial charge in [0.05, 0.1) is 25.9 Å². The van der Waals surface area contributed by atoms with Gasteiger partial charge in [0.25, 0.3) is 0 Å². The quantitative estimate of drug-likeness (QED) is 0.547. The Balaban J connectivity index is 0. The summed E-state index contributed by atoms with van der Waals surface area (Å²) in [6.45, 7) is 7.91. The summed E-state index contributed by atoms with van der Waals surface area (Å²) >= 11 is 0. The van der Waals surface area contributed by atoms with Gasteiger partial charge < -0.3 is 14.6 Å². The SMILES string of the molecule is C=C(C(=O)OC)C(C)O.C=CC(=O)OC. The van der Waals surface area contributed by atoms with Gasteiger partial charge in [0.1, 0.15) is 0 Å². The van der Waals surface area contributed by atoms with Gasteiger partial charge in [0.15, 0.2) is 0 Å². The summed E-state index contributed by atoms with van der Waals surface area (Å²) < 4.78 is 8.42. The average molecular weight is 216 g/mol. The van der Waals surface area contributed by atoms with E-state index in [1.807, 2.05) is 0 Å². The van der Waals surface area contributed by atoms with Gasteiger partial charge in [0, 0.05) is 6.08 Å². The zero-order chi connectivity index (χ0) is 12.4. The molecule has 0 heterocycles. The third kappa shape index (κ3) is 8.70. The predicted molar refractivity (Wildman–Crippen MR) is 55.0 cm³/mol. The number of methoxy groups -OCH3 is 2. The van der Waals surface area contributed by atoms with Crippen LogP contribution in [0.2, 0.25) is 0 Å². The number of ether oxygens (including phenoxy) is 2. The van der Waals surface area contributed by atoms with E-state index in [-0.39, 0.29) is 5.57 Å². The minimum Gasteiger partial charge on any atom is -0.466 e. The normalized spacial score (nSPS) is 10.1. The first-order valence-corrected chi connectivity index (χ1v) is 4.06. The van der Waals surface area contributed by atoms with E-state index in [9.17, 15) is 9.59 Å². The van der Waals surface area contributed by atoms with Crippen molar-refractivity contribution in [2.24, 2.45) is 0 Å². The third-order valence-electron chi connectivity index (χ3n) is 1.32. The van der Waals surface area contributed by atoms with Crippen LogP contribution in [-0.4, -0.2) is 37.4 Å². The van der Waals surface area contributed by atoms with Gasteiger partial charge in [0.2, 0.25) is 0 Å². The smallest absolute Gasteiger partial charge is 0.335 e. The van der Waals surface area contributed by atoms with Gasteiger partial charge in [-0.2, -0.15) is 0 Å². The van der Waals surface area contributed by atoms with E-state index in [2.05, 4.69) is 22.6 Å². The van der Waals surface area contributed by atoms with Gasteiger partial charge in [-0.25, -0.2) is 9.59 Å². The fourth-order valence-corrected chi connectivity index (χ4v) is 0.385. The molecule has 5 heteroatoms. The number of carbonyl (C=O) groups excluding carboxylic acids is 2. The molecule has 0 aliphatic rings. The Morgan fingerprint density at radius 2 is 1.80 bits per heavy atom. The van der Waals surface area contributed by atoms with Crippen LogP contribution >= 0.6 is 0 Å². The first kappa shape index (κ1) is 15.8. The lowest BCUT2D eigenvalue weighted by Crippen LogP contribution is -2.14.